The van der Waals surface area contributed by atoms with Crippen molar-refractivity contribution in [1.82, 2.24) is 5.32 Å². The number of aryl methyl sites for hydroxylation is 1. The lowest BCUT2D eigenvalue weighted by molar-refractivity contribution is -0.166. The number of halogens is 3. The smallest absolute Gasteiger partial charge is 0.406 e. The highest BCUT2D eigenvalue weighted by Crippen LogP contribution is 2.49. The molecule has 0 radical (unpaired) electrons. The second-order valence-electron chi connectivity index (χ2n) is 5.07. The third-order valence-corrected chi connectivity index (χ3v) is 3.80. The van der Waals surface area contributed by atoms with Gasteiger partial charge < -0.3 is 4.42 Å². The molecule has 1 N–H and O–H groups in total. The Morgan fingerprint density at radius 2 is 1.95 bits per heavy atom. The van der Waals surface area contributed by atoms with Gasteiger partial charge in [-0.05, 0) is 25.8 Å². The summed E-state index contributed by atoms with van der Waals surface area (Å²) in [6, 6.07) is 7.40. The van der Waals surface area contributed by atoms with Gasteiger partial charge in [0.2, 0.25) is 0 Å². The van der Waals surface area contributed by atoms with E-state index >= 15 is 0 Å². The Kier molecular flexibility index (Phi) is 2.64. The molecule has 5 heteroatoms. The molecule has 1 fully saturated rings. The van der Waals surface area contributed by atoms with Crippen LogP contribution in [0.15, 0.2) is 28.7 Å². The van der Waals surface area contributed by atoms with E-state index < -0.39 is 11.7 Å². The lowest BCUT2D eigenvalue weighted by Crippen LogP contribution is -2.44. The summed E-state index contributed by atoms with van der Waals surface area (Å²) in [5.74, 6) is 0.673. The predicted octanol–water partition coefficient (Wildman–Crippen LogP) is 3.93. The molecule has 0 spiro atoms. The van der Waals surface area contributed by atoms with Gasteiger partial charge in [-0.3, -0.25) is 5.32 Å². The maximum Gasteiger partial charge on any atom is 0.406 e. The number of nitrogens with one attached hydrogen (secondary N) is 1. The summed E-state index contributed by atoms with van der Waals surface area (Å²) in [7, 11) is 0. The van der Waals surface area contributed by atoms with E-state index in [9.17, 15) is 13.2 Å². The number of furan rings is 1. The first kappa shape index (κ1) is 12.5. The first-order valence-electron chi connectivity index (χ1n) is 6.22. The van der Waals surface area contributed by atoms with E-state index in [1.54, 1.807) is 6.92 Å². The van der Waals surface area contributed by atoms with Crippen molar-refractivity contribution in [2.75, 3.05) is 0 Å². The van der Waals surface area contributed by atoms with Crippen molar-refractivity contribution >= 4 is 11.0 Å². The SMILES string of the molecule is Cc1oc2ccccc2c1CNC1(C(F)(F)F)CC1. The summed E-state index contributed by atoms with van der Waals surface area (Å²) < 4.78 is 44.1. The number of para-hydroxylation sites is 1. The van der Waals surface area contributed by atoms with E-state index in [0.717, 1.165) is 10.9 Å². The Morgan fingerprint density at radius 1 is 1.26 bits per heavy atom. The molecule has 1 heterocycles. The lowest BCUT2D eigenvalue weighted by atomic mass is 10.1. The molecule has 0 bridgehead atoms. The number of alkyl halides is 3. The van der Waals surface area contributed by atoms with E-state index in [4.69, 9.17) is 4.42 Å². The standard InChI is InChI=1S/C14H14F3NO/c1-9-11(10-4-2-3-5-12(10)19-9)8-18-13(6-7-13)14(15,16)17/h2-5,18H,6-8H2,1H3. The summed E-state index contributed by atoms with van der Waals surface area (Å²) in [6.07, 6.45) is -3.86. The molecule has 1 aliphatic rings. The van der Waals surface area contributed by atoms with E-state index in [0.29, 0.717) is 11.3 Å². The second kappa shape index (κ2) is 4.00. The monoisotopic (exact) mass is 269 g/mol. The molecule has 1 aromatic heterocycles. The van der Waals surface area contributed by atoms with Crippen molar-refractivity contribution in [3.63, 3.8) is 0 Å². The van der Waals surface area contributed by atoms with Gasteiger partial charge in [-0.25, -0.2) is 0 Å². The fraction of sp³-hybridized carbons (Fsp3) is 0.429. The fourth-order valence-electron chi connectivity index (χ4n) is 2.38. The number of rotatable bonds is 3. The summed E-state index contributed by atoms with van der Waals surface area (Å²) in [6.45, 7) is 1.96. The highest BCUT2D eigenvalue weighted by atomic mass is 19.4. The molecular formula is C14H14F3NO. The average molecular weight is 269 g/mol. The van der Waals surface area contributed by atoms with Crippen molar-refractivity contribution in [2.24, 2.45) is 0 Å². The number of hydrogen-bond donors (Lipinski definition) is 1. The predicted molar refractivity (Wildman–Crippen MR) is 65.8 cm³/mol. The van der Waals surface area contributed by atoms with Crippen LogP contribution in [0.4, 0.5) is 13.2 Å². The van der Waals surface area contributed by atoms with E-state index in [-0.39, 0.29) is 19.4 Å². The molecule has 3 rings (SSSR count). The minimum absolute atomic E-state index is 0.158. The minimum Gasteiger partial charge on any atom is -0.461 e. The molecule has 2 aromatic rings. The van der Waals surface area contributed by atoms with Gasteiger partial charge in [0.15, 0.2) is 0 Å². The maximum absolute atomic E-state index is 12.9. The molecule has 0 atom stereocenters. The number of benzene rings is 1. The van der Waals surface area contributed by atoms with Crippen molar-refractivity contribution in [3.8, 4) is 0 Å². The molecule has 0 amide bonds. The van der Waals surface area contributed by atoms with Crippen LogP contribution in [0.5, 0.6) is 0 Å². The van der Waals surface area contributed by atoms with Crippen molar-refractivity contribution in [3.05, 3.63) is 35.6 Å². The van der Waals surface area contributed by atoms with Crippen LogP contribution in [0.3, 0.4) is 0 Å². The molecule has 0 unspecified atom stereocenters. The highest BCUT2D eigenvalue weighted by Gasteiger charge is 2.63. The number of hydrogen-bond acceptors (Lipinski definition) is 2. The zero-order chi connectivity index (χ0) is 13.7. The summed E-state index contributed by atoms with van der Waals surface area (Å²) in [5.41, 5.74) is -0.155. The maximum atomic E-state index is 12.9. The molecule has 2 nitrogen and oxygen atoms in total. The van der Waals surface area contributed by atoms with Crippen molar-refractivity contribution in [1.29, 1.82) is 0 Å². The van der Waals surface area contributed by atoms with Crippen LogP contribution in [0.2, 0.25) is 0 Å². The Morgan fingerprint density at radius 3 is 2.58 bits per heavy atom. The molecule has 0 aliphatic heterocycles. The van der Waals surface area contributed by atoms with Gasteiger partial charge in [0.05, 0.1) is 0 Å². The number of fused-ring (bicyclic) bond motifs is 1. The summed E-state index contributed by atoms with van der Waals surface area (Å²) in [4.78, 5) is 0. The summed E-state index contributed by atoms with van der Waals surface area (Å²) in [5, 5.41) is 3.54. The molecule has 1 aliphatic carbocycles. The van der Waals surface area contributed by atoms with Crippen LogP contribution in [0.1, 0.15) is 24.2 Å². The Balaban J connectivity index is 1.85. The van der Waals surface area contributed by atoms with Crippen molar-refractivity contribution < 1.29 is 17.6 Å². The highest BCUT2D eigenvalue weighted by molar-refractivity contribution is 5.82. The minimum atomic E-state index is -4.18. The van der Waals surface area contributed by atoms with Gasteiger partial charge >= 0.3 is 6.18 Å². The van der Waals surface area contributed by atoms with Crippen LogP contribution < -0.4 is 5.32 Å². The van der Waals surface area contributed by atoms with Gasteiger partial charge in [0.25, 0.3) is 0 Å². The topological polar surface area (TPSA) is 25.2 Å². The molecule has 1 saturated carbocycles. The zero-order valence-electron chi connectivity index (χ0n) is 10.5. The first-order valence-corrected chi connectivity index (χ1v) is 6.22. The van der Waals surface area contributed by atoms with Gasteiger partial charge in [0.1, 0.15) is 16.9 Å². The molecule has 1 aromatic carbocycles. The van der Waals surface area contributed by atoms with Crippen LogP contribution >= 0.6 is 0 Å². The molecular weight excluding hydrogens is 255 g/mol. The van der Waals surface area contributed by atoms with Gasteiger partial charge in [-0.15, -0.1) is 0 Å². The quantitative estimate of drug-likeness (QED) is 0.913. The van der Waals surface area contributed by atoms with Crippen molar-refractivity contribution in [2.45, 2.75) is 38.0 Å². The Bertz CT molecular complexity index is 611. The normalized spacial score (nSPS) is 17.9. The first-order chi connectivity index (χ1) is 8.93. The average Bonchev–Trinajstić information content (AvgIpc) is 3.06. The van der Waals surface area contributed by atoms with Gasteiger partial charge in [0, 0.05) is 17.5 Å². The molecule has 102 valence electrons. The lowest BCUT2D eigenvalue weighted by Gasteiger charge is -2.20. The van der Waals surface area contributed by atoms with Gasteiger partial charge in [-0.1, -0.05) is 18.2 Å². The third-order valence-electron chi connectivity index (χ3n) is 3.80. The van der Waals surface area contributed by atoms with E-state index in [1.807, 2.05) is 24.3 Å². The fourth-order valence-corrected chi connectivity index (χ4v) is 2.38. The van der Waals surface area contributed by atoms with Crippen LogP contribution in [0.25, 0.3) is 11.0 Å². The third kappa shape index (κ3) is 2.02. The van der Waals surface area contributed by atoms with Crippen LogP contribution in [0, 0.1) is 6.92 Å². The molecule has 0 saturated heterocycles. The summed E-state index contributed by atoms with van der Waals surface area (Å²) >= 11 is 0. The largest absolute Gasteiger partial charge is 0.461 e. The Hall–Kier alpha value is -1.49. The van der Waals surface area contributed by atoms with Gasteiger partial charge in [-0.2, -0.15) is 13.2 Å². The van der Waals surface area contributed by atoms with E-state index in [2.05, 4.69) is 5.32 Å². The second-order valence-corrected chi connectivity index (χ2v) is 5.07. The van der Waals surface area contributed by atoms with E-state index in [1.165, 1.54) is 0 Å². The Labute approximate surface area is 108 Å². The van der Waals surface area contributed by atoms with Crippen LogP contribution in [-0.4, -0.2) is 11.7 Å². The zero-order valence-corrected chi connectivity index (χ0v) is 10.5. The molecule has 19 heavy (non-hydrogen) atoms. The van der Waals surface area contributed by atoms with Crippen LogP contribution in [-0.2, 0) is 6.54 Å².